The number of cyclic esters (lactones) is 1. The minimum absolute atomic E-state index is 0.00854. The molecule has 16 heteroatoms. The molecule has 3 aliphatic rings. The molecule has 1 amide bonds. The number of hydrogen-bond acceptors (Lipinski definition) is 14. The van der Waals surface area contributed by atoms with Crippen molar-refractivity contribution in [2.75, 3.05) is 20.2 Å². The zero-order chi connectivity index (χ0) is 40.1. The molecule has 2 aromatic rings. The molecule has 5 heterocycles. The quantitative estimate of drug-likeness (QED) is 0.181. The smallest absolute Gasteiger partial charge is 0.410 e. The van der Waals surface area contributed by atoms with Gasteiger partial charge in [0.15, 0.2) is 11.9 Å². The molecule has 0 radical (unpaired) electrons. The number of nitrogens with two attached hydrogens (primary N) is 1. The van der Waals surface area contributed by atoms with Crippen molar-refractivity contribution < 1.29 is 43.2 Å². The van der Waals surface area contributed by atoms with Gasteiger partial charge in [-0.25, -0.2) is 4.79 Å². The molecule has 0 saturated carbocycles. The highest BCUT2D eigenvalue weighted by Crippen LogP contribution is 2.39. The Morgan fingerprint density at radius 2 is 1.84 bits per heavy atom. The Labute approximate surface area is 324 Å². The van der Waals surface area contributed by atoms with E-state index in [1.54, 1.807) is 22.9 Å². The van der Waals surface area contributed by atoms with E-state index < -0.39 is 71.7 Å². The topological polar surface area (TPSA) is 202 Å². The molecule has 2 unspecified atom stereocenters. The molecular formula is C39H61N7O9. The molecule has 3 aliphatic heterocycles. The second-order valence-electron chi connectivity index (χ2n) is 16.1. The number of ketones is 1. The zero-order valence-electron chi connectivity index (χ0n) is 33.6. The normalized spacial score (nSPS) is 36.8. The van der Waals surface area contributed by atoms with Gasteiger partial charge < -0.3 is 39.8 Å². The van der Waals surface area contributed by atoms with E-state index in [-0.39, 0.29) is 24.5 Å². The lowest BCUT2D eigenvalue weighted by Crippen LogP contribution is -2.61. The second kappa shape index (κ2) is 18.2. The van der Waals surface area contributed by atoms with Crippen molar-refractivity contribution in [2.24, 2.45) is 17.6 Å². The number of Topliss-reactive ketones (excluding diaryl/α,β-unsaturated/α-hetero) is 1. The highest BCUT2D eigenvalue weighted by Gasteiger charge is 2.58. The van der Waals surface area contributed by atoms with Crippen LogP contribution in [0.4, 0.5) is 4.79 Å². The van der Waals surface area contributed by atoms with E-state index in [9.17, 15) is 19.5 Å². The number of pyridine rings is 1. The van der Waals surface area contributed by atoms with Gasteiger partial charge in [0.2, 0.25) is 0 Å². The summed E-state index contributed by atoms with van der Waals surface area (Å²) in [6.45, 7) is 14.5. The Kier molecular flexibility index (Phi) is 14.1. The number of fused-ring (bicyclic) bond motifs is 1. The summed E-state index contributed by atoms with van der Waals surface area (Å²) in [5.41, 5.74) is 5.38. The van der Waals surface area contributed by atoms with Crippen LogP contribution in [-0.4, -0.2) is 128 Å². The van der Waals surface area contributed by atoms with Crippen LogP contribution in [-0.2, 0) is 39.8 Å². The van der Waals surface area contributed by atoms with E-state index in [0.717, 1.165) is 12.1 Å². The molecule has 5 rings (SSSR count). The summed E-state index contributed by atoms with van der Waals surface area (Å²) in [6.07, 6.45) is 1.30. The number of unbranched alkanes of at least 4 members (excludes halogenated alkanes) is 1. The van der Waals surface area contributed by atoms with Crippen LogP contribution in [0, 0.1) is 11.8 Å². The number of carbonyl (C=O) groups excluding carboxylic acids is 3. The van der Waals surface area contributed by atoms with Gasteiger partial charge >= 0.3 is 12.1 Å². The first-order valence-corrected chi connectivity index (χ1v) is 19.7. The number of carbonyl (C=O) groups is 3. The van der Waals surface area contributed by atoms with E-state index >= 15 is 0 Å². The number of aliphatic hydroxyl groups excluding tert-OH is 1. The number of amides is 1. The maximum Gasteiger partial charge on any atom is 0.410 e. The van der Waals surface area contributed by atoms with Crippen molar-refractivity contribution in [1.29, 1.82) is 0 Å². The van der Waals surface area contributed by atoms with Crippen LogP contribution in [0.25, 0.3) is 11.4 Å². The molecule has 306 valence electrons. The SMILES string of the molecule is CC[C@H]1OC(=O)[C@H](C)C(=O)C[C@@H](O[C@@H]2O[C@H](C)CC(N)C2O)[C@](C)(OC)C[C@@H](C)CN[C@H](C)[C@H]2N(CCCCn3cc(-c4ccccn4)nn3)C(=O)O[C@]12C. The van der Waals surface area contributed by atoms with E-state index in [4.69, 9.17) is 29.4 Å². The van der Waals surface area contributed by atoms with Crippen molar-refractivity contribution in [3.63, 3.8) is 0 Å². The van der Waals surface area contributed by atoms with Crippen molar-refractivity contribution in [3.05, 3.63) is 30.6 Å². The van der Waals surface area contributed by atoms with Crippen LogP contribution in [0.1, 0.15) is 87.0 Å². The lowest BCUT2D eigenvalue weighted by Gasteiger charge is -2.43. The third-order valence-corrected chi connectivity index (χ3v) is 11.6. The number of hydrogen-bond donors (Lipinski definition) is 3. The van der Waals surface area contributed by atoms with Gasteiger partial charge in [0.1, 0.15) is 29.6 Å². The van der Waals surface area contributed by atoms with Crippen molar-refractivity contribution in [2.45, 2.75) is 154 Å². The number of nitrogens with zero attached hydrogens (tertiary/aromatic N) is 5. The number of aromatic nitrogens is 4. The van der Waals surface area contributed by atoms with E-state index in [0.29, 0.717) is 51.0 Å². The van der Waals surface area contributed by atoms with Gasteiger partial charge in [-0.3, -0.25) is 24.2 Å². The van der Waals surface area contributed by atoms with E-state index in [1.165, 1.54) is 6.92 Å². The van der Waals surface area contributed by atoms with Crippen LogP contribution < -0.4 is 11.1 Å². The molecular weight excluding hydrogens is 710 g/mol. The van der Waals surface area contributed by atoms with E-state index in [1.807, 2.05) is 59.0 Å². The molecule has 0 aromatic carbocycles. The Balaban J connectivity index is 1.35. The van der Waals surface area contributed by atoms with E-state index in [2.05, 4.69) is 27.5 Å². The molecule has 55 heavy (non-hydrogen) atoms. The first-order valence-electron chi connectivity index (χ1n) is 19.7. The number of aliphatic hydroxyl groups is 1. The molecule has 16 nitrogen and oxygen atoms in total. The zero-order valence-corrected chi connectivity index (χ0v) is 33.6. The fourth-order valence-electron chi connectivity index (χ4n) is 8.30. The lowest BCUT2D eigenvalue weighted by molar-refractivity contribution is -0.282. The van der Waals surface area contributed by atoms with Crippen LogP contribution in [0.5, 0.6) is 0 Å². The van der Waals surface area contributed by atoms with Gasteiger partial charge in [0, 0.05) is 44.9 Å². The highest BCUT2D eigenvalue weighted by atomic mass is 16.7. The summed E-state index contributed by atoms with van der Waals surface area (Å²) < 4.78 is 32.5. The summed E-state index contributed by atoms with van der Waals surface area (Å²) in [7, 11) is 1.56. The summed E-state index contributed by atoms with van der Waals surface area (Å²) in [6, 6.07) is 4.26. The Bertz CT molecular complexity index is 1600. The third kappa shape index (κ3) is 9.71. The third-order valence-electron chi connectivity index (χ3n) is 11.6. The van der Waals surface area contributed by atoms with Gasteiger partial charge in [-0.1, -0.05) is 25.1 Å². The van der Waals surface area contributed by atoms with Crippen LogP contribution in [0.3, 0.4) is 0 Å². The number of aryl methyl sites for hydroxylation is 1. The van der Waals surface area contributed by atoms with Gasteiger partial charge in [-0.05, 0) is 91.3 Å². The standard InChI is InChI=1S/C39H61N7O9/c1-9-31-39(7)34(46(37(50)55-39)17-13-12-16-45-22-29(43-44-45)28-14-10-11-15-41-28)26(5)42-21-23(2)20-38(6,51-8)32(19-30(47)25(4)35(49)53-31)54-36-33(48)27(40)18-24(3)52-36/h10-11,14-15,22-27,31-34,36,42,48H,9,12-13,16-21,40H2,1-8H3/t23-,24-,25-,26-,27?,31-,32-,33?,34-,36+,38-,39-/m1/s1. The molecule has 12 atom stereocenters. The Hall–Kier alpha value is -3.54. The number of rotatable bonds is 10. The summed E-state index contributed by atoms with van der Waals surface area (Å²) in [5, 5.41) is 23.1. The van der Waals surface area contributed by atoms with Gasteiger partial charge in [0.05, 0.1) is 35.7 Å². The average Bonchev–Trinajstić information content (AvgIpc) is 3.73. The Morgan fingerprint density at radius 1 is 1.09 bits per heavy atom. The highest BCUT2D eigenvalue weighted by molar-refractivity contribution is 5.99. The predicted octanol–water partition coefficient (Wildman–Crippen LogP) is 3.25. The maximum absolute atomic E-state index is 13.9. The lowest BCUT2D eigenvalue weighted by atomic mass is 9.83. The number of methoxy groups -OCH3 is 1. The largest absolute Gasteiger partial charge is 0.458 e. The molecule has 0 spiro atoms. The number of esters is 1. The van der Waals surface area contributed by atoms with Gasteiger partial charge in [-0.15, -0.1) is 5.10 Å². The second-order valence-corrected chi connectivity index (χ2v) is 16.1. The van der Waals surface area contributed by atoms with Gasteiger partial charge in [-0.2, -0.15) is 0 Å². The van der Waals surface area contributed by atoms with Crippen LogP contribution >= 0.6 is 0 Å². The predicted molar refractivity (Wildman–Crippen MR) is 201 cm³/mol. The maximum atomic E-state index is 13.9. The minimum Gasteiger partial charge on any atom is -0.458 e. The van der Waals surface area contributed by atoms with Crippen LogP contribution in [0.15, 0.2) is 30.6 Å². The molecule has 3 saturated heterocycles. The van der Waals surface area contributed by atoms with Crippen molar-refractivity contribution in [3.8, 4) is 11.4 Å². The van der Waals surface area contributed by atoms with Crippen molar-refractivity contribution in [1.82, 2.24) is 30.2 Å². The van der Waals surface area contributed by atoms with Crippen LogP contribution in [0.2, 0.25) is 0 Å². The molecule has 3 fully saturated rings. The minimum atomic E-state index is -1.22. The molecule has 0 aliphatic carbocycles. The summed E-state index contributed by atoms with van der Waals surface area (Å²) in [4.78, 5) is 47.5. The average molecular weight is 772 g/mol. The first kappa shape index (κ1) is 42.6. The molecule has 0 bridgehead atoms. The number of nitrogens with one attached hydrogen (secondary N) is 1. The molecule has 2 aromatic heterocycles. The fourth-order valence-corrected chi connectivity index (χ4v) is 8.30. The summed E-state index contributed by atoms with van der Waals surface area (Å²) >= 11 is 0. The monoisotopic (exact) mass is 771 g/mol. The summed E-state index contributed by atoms with van der Waals surface area (Å²) in [5.74, 6) is -2.32. The number of ether oxygens (including phenoxy) is 5. The van der Waals surface area contributed by atoms with Crippen molar-refractivity contribution >= 4 is 17.8 Å². The molecule has 4 N–H and O–H groups in total. The van der Waals surface area contributed by atoms with Gasteiger partial charge in [0.25, 0.3) is 0 Å². The first-order chi connectivity index (χ1) is 26.1. The Morgan fingerprint density at radius 3 is 2.53 bits per heavy atom. The fraction of sp³-hybridized carbons (Fsp3) is 0.744.